The van der Waals surface area contributed by atoms with Gasteiger partial charge in [-0.3, -0.25) is 24.2 Å². The van der Waals surface area contributed by atoms with Crippen molar-refractivity contribution in [2.75, 3.05) is 66.0 Å². The van der Waals surface area contributed by atoms with E-state index in [0.29, 0.717) is 44.9 Å². The molecule has 2 aliphatic heterocycles. The summed E-state index contributed by atoms with van der Waals surface area (Å²) in [6.45, 7) is 6.39. The molecule has 2 saturated heterocycles. The third-order valence-corrected chi connectivity index (χ3v) is 8.31. The normalized spacial score (nSPS) is 18.5. The number of nitrogens with one attached hydrogen (secondary N) is 5. The van der Waals surface area contributed by atoms with Crippen LogP contribution in [-0.4, -0.2) is 112 Å². The van der Waals surface area contributed by atoms with E-state index in [0.717, 1.165) is 38.3 Å². The number of rotatable bonds is 14. The van der Waals surface area contributed by atoms with Crippen molar-refractivity contribution in [3.8, 4) is 0 Å². The quantitative estimate of drug-likeness (QED) is 0.154. The van der Waals surface area contributed by atoms with Gasteiger partial charge < -0.3 is 40.2 Å². The van der Waals surface area contributed by atoms with Crippen LogP contribution in [0.25, 0.3) is 0 Å². The Balaban J connectivity index is 1.16. The molecule has 47 heavy (non-hydrogen) atoms. The van der Waals surface area contributed by atoms with Crippen molar-refractivity contribution in [3.05, 3.63) is 83.7 Å². The molecule has 2 aliphatic rings. The molecule has 2 fully saturated rings. The number of carbonyl (C=O) groups excluding carboxylic acids is 4. The van der Waals surface area contributed by atoms with Gasteiger partial charge in [0.25, 0.3) is 11.8 Å². The Bertz CT molecular complexity index is 1460. The minimum atomic E-state index is -0.844. The van der Waals surface area contributed by atoms with Gasteiger partial charge in [0.15, 0.2) is 11.5 Å². The van der Waals surface area contributed by atoms with Crippen molar-refractivity contribution in [2.45, 2.75) is 31.1 Å². The largest absolute Gasteiger partial charge is 0.467 e. The fourth-order valence-electron chi connectivity index (χ4n) is 5.69. The van der Waals surface area contributed by atoms with Crippen molar-refractivity contribution < 1.29 is 32.7 Å². The van der Waals surface area contributed by atoms with Gasteiger partial charge >= 0.3 is 5.97 Å². The highest BCUT2D eigenvalue weighted by molar-refractivity contribution is 5.96. The van der Waals surface area contributed by atoms with Gasteiger partial charge in [0.1, 0.15) is 17.8 Å². The first kappa shape index (κ1) is 33.9. The van der Waals surface area contributed by atoms with Crippen molar-refractivity contribution in [1.29, 1.82) is 0 Å². The Hall–Kier alpha value is -4.50. The molecule has 14 nitrogen and oxygen atoms in total. The first-order valence-electron chi connectivity index (χ1n) is 15.9. The van der Waals surface area contributed by atoms with Crippen LogP contribution in [0.2, 0.25) is 0 Å². The maximum atomic E-state index is 13.3. The zero-order chi connectivity index (χ0) is 33.0. The summed E-state index contributed by atoms with van der Waals surface area (Å²) >= 11 is 0. The van der Waals surface area contributed by atoms with E-state index >= 15 is 0 Å². The summed E-state index contributed by atoms with van der Waals surface area (Å²) in [4.78, 5) is 55.8. The van der Waals surface area contributed by atoms with Crippen LogP contribution in [0.15, 0.2) is 69.7 Å². The Morgan fingerprint density at radius 1 is 0.894 bits per heavy atom. The van der Waals surface area contributed by atoms with E-state index in [1.54, 1.807) is 18.2 Å². The number of furan rings is 2. The van der Waals surface area contributed by atoms with Crippen LogP contribution in [0.4, 0.5) is 0 Å². The van der Waals surface area contributed by atoms with Crippen molar-refractivity contribution in [3.63, 3.8) is 0 Å². The molecule has 2 aromatic heterocycles. The molecule has 3 amide bonds. The van der Waals surface area contributed by atoms with Gasteiger partial charge in [0.05, 0.1) is 19.4 Å². The summed E-state index contributed by atoms with van der Waals surface area (Å²) in [5, 5.41) is 15.3. The predicted octanol–water partition coefficient (Wildman–Crippen LogP) is 0.501. The first-order valence-corrected chi connectivity index (χ1v) is 15.9. The average molecular weight is 650 g/mol. The predicted molar refractivity (Wildman–Crippen MR) is 171 cm³/mol. The van der Waals surface area contributed by atoms with E-state index in [1.807, 2.05) is 30.3 Å². The van der Waals surface area contributed by atoms with Gasteiger partial charge in [0.2, 0.25) is 5.91 Å². The summed E-state index contributed by atoms with van der Waals surface area (Å²) in [7, 11) is 1.28. The van der Waals surface area contributed by atoms with E-state index in [9.17, 15) is 19.2 Å². The molecule has 252 valence electrons. The molecule has 0 aliphatic carbocycles. The molecule has 0 spiro atoms. The topological polar surface area (TPSA) is 170 Å². The van der Waals surface area contributed by atoms with E-state index in [-0.39, 0.29) is 23.5 Å². The number of nitrogens with zero attached hydrogens (tertiary/aromatic N) is 2. The average Bonchev–Trinajstić information content (AvgIpc) is 3.83. The summed E-state index contributed by atoms with van der Waals surface area (Å²) in [6.07, 6.45) is 1.72. The fourth-order valence-corrected chi connectivity index (χ4v) is 5.69. The molecule has 4 heterocycles. The third-order valence-electron chi connectivity index (χ3n) is 8.31. The van der Waals surface area contributed by atoms with E-state index < -0.39 is 29.9 Å². The number of carbonyl (C=O) groups is 4. The second-order valence-corrected chi connectivity index (χ2v) is 11.6. The Labute approximate surface area is 273 Å². The SMILES string of the molecule is COC(=O)C(CCN1CCNC(c2ccc(C(=O)NC(CN3CCNCC3)C(=O)NCc3ccccc3)o2)C1)NC(=O)c1ccco1. The van der Waals surface area contributed by atoms with Crippen LogP contribution in [0.1, 0.15) is 44.9 Å². The highest BCUT2D eigenvalue weighted by Gasteiger charge is 2.29. The number of piperazine rings is 2. The molecular formula is C33H43N7O7. The standard InChI is InChI=1S/C33H43N7O7/c1-45-33(44)24(37-31(42)28-8-5-19-46-28)11-15-39-18-14-35-25(21-39)27-9-10-29(47-27)32(43)38-26(22-40-16-12-34-13-17-40)30(41)36-20-23-6-3-2-4-7-23/h2-10,19,24-26,34-35H,11-18,20-22H2,1H3,(H,36,41)(H,37,42)(H,38,43). The van der Waals surface area contributed by atoms with Crippen LogP contribution in [-0.2, 0) is 20.9 Å². The van der Waals surface area contributed by atoms with E-state index in [4.69, 9.17) is 13.6 Å². The minimum absolute atomic E-state index is 0.113. The van der Waals surface area contributed by atoms with E-state index in [1.165, 1.54) is 19.4 Å². The molecule has 3 unspecified atom stereocenters. The summed E-state index contributed by atoms with van der Waals surface area (Å²) < 4.78 is 16.1. The second kappa shape index (κ2) is 16.9. The zero-order valence-electron chi connectivity index (χ0n) is 26.5. The van der Waals surface area contributed by atoms with Crippen molar-refractivity contribution in [1.82, 2.24) is 36.4 Å². The molecule has 0 bridgehead atoms. The molecular weight excluding hydrogens is 606 g/mol. The summed E-state index contributed by atoms with van der Waals surface area (Å²) in [5.74, 6) is -0.943. The van der Waals surface area contributed by atoms with Gasteiger partial charge in [-0.15, -0.1) is 0 Å². The van der Waals surface area contributed by atoms with Crippen molar-refractivity contribution >= 4 is 23.7 Å². The summed E-state index contributed by atoms with van der Waals surface area (Å²) in [5.41, 5.74) is 0.970. The van der Waals surface area contributed by atoms with Gasteiger partial charge in [-0.2, -0.15) is 0 Å². The number of amides is 3. The van der Waals surface area contributed by atoms with Gasteiger partial charge in [0, 0.05) is 65.4 Å². The lowest BCUT2D eigenvalue weighted by Gasteiger charge is -2.33. The Morgan fingerprint density at radius 3 is 2.38 bits per heavy atom. The first-order chi connectivity index (χ1) is 22.9. The van der Waals surface area contributed by atoms with Crippen molar-refractivity contribution in [2.24, 2.45) is 0 Å². The highest BCUT2D eigenvalue weighted by Crippen LogP contribution is 2.21. The van der Waals surface area contributed by atoms with Crippen LogP contribution < -0.4 is 26.6 Å². The molecule has 0 radical (unpaired) electrons. The number of ether oxygens (including phenoxy) is 1. The molecule has 14 heteroatoms. The number of methoxy groups -OCH3 is 1. The molecule has 3 aromatic rings. The molecule has 0 saturated carbocycles. The summed E-state index contributed by atoms with van der Waals surface area (Å²) in [6, 6.07) is 14.3. The molecule has 5 N–H and O–H groups in total. The number of esters is 1. The van der Waals surface area contributed by atoms with Crippen LogP contribution in [0.3, 0.4) is 0 Å². The number of hydrogen-bond acceptors (Lipinski definition) is 11. The lowest BCUT2D eigenvalue weighted by molar-refractivity contribution is -0.143. The zero-order valence-corrected chi connectivity index (χ0v) is 26.5. The third kappa shape index (κ3) is 9.75. The van der Waals surface area contributed by atoms with Crippen LogP contribution in [0, 0.1) is 0 Å². The smallest absolute Gasteiger partial charge is 0.328 e. The number of hydrogen-bond donors (Lipinski definition) is 5. The lowest BCUT2D eigenvalue weighted by Crippen LogP contribution is -2.55. The van der Waals surface area contributed by atoms with Crippen LogP contribution >= 0.6 is 0 Å². The minimum Gasteiger partial charge on any atom is -0.467 e. The number of benzene rings is 1. The van der Waals surface area contributed by atoms with Crippen LogP contribution in [0.5, 0.6) is 0 Å². The van der Waals surface area contributed by atoms with Gasteiger partial charge in [-0.1, -0.05) is 30.3 Å². The molecule has 1 aromatic carbocycles. The molecule has 5 rings (SSSR count). The fraction of sp³-hybridized carbons (Fsp3) is 0.455. The Morgan fingerprint density at radius 2 is 1.64 bits per heavy atom. The monoisotopic (exact) mass is 649 g/mol. The van der Waals surface area contributed by atoms with Gasteiger partial charge in [-0.25, -0.2) is 4.79 Å². The lowest BCUT2D eigenvalue weighted by atomic mass is 10.1. The maximum absolute atomic E-state index is 13.3. The second-order valence-electron chi connectivity index (χ2n) is 11.6. The highest BCUT2D eigenvalue weighted by atomic mass is 16.5. The van der Waals surface area contributed by atoms with Gasteiger partial charge in [-0.05, 0) is 36.2 Å². The maximum Gasteiger partial charge on any atom is 0.328 e. The Kier molecular flexibility index (Phi) is 12.2. The molecule has 3 atom stereocenters. The van der Waals surface area contributed by atoms with E-state index in [2.05, 4.69) is 36.4 Å².